The summed E-state index contributed by atoms with van der Waals surface area (Å²) >= 11 is 0. The van der Waals surface area contributed by atoms with Gasteiger partial charge in [-0.15, -0.1) is 6.42 Å². The predicted molar refractivity (Wildman–Crippen MR) is 72.1 cm³/mol. The van der Waals surface area contributed by atoms with E-state index < -0.39 is 5.54 Å². The zero-order chi connectivity index (χ0) is 13.6. The fraction of sp³-hybridized carbons (Fsp3) is 0.714. The van der Waals surface area contributed by atoms with Crippen LogP contribution < -0.4 is 5.73 Å². The number of nitrogens with zero attached hydrogens (tertiary/aromatic N) is 2. The summed E-state index contributed by atoms with van der Waals surface area (Å²) in [5.74, 6) is 3.08. The lowest BCUT2D eigenvalue weighted by atomic mass is 9.68. The zero-order valence-corrected chi connectivity index (χ0v) is 11.4. The van der Waals surface area contributed by atoms with Crippen molar-refractivity contribution in [2.45, 2.75) is 58.0 Å². The van der Waals surface area contributed by atoms with Gasteiger partial charge in [0, 0.05) is 0 Å². The summed E-state index contributed by atoms with van der Waals surface area (Å²) in [6, 6.07) is -0.541. The van der Waals surface area contributed by atoms with Crippen molar-refractivity contribution in [2.75, 3.05) is 0 Å². The molecule has 1 fully saturated rings. The van der Waals surface area contributed by atoms with Crippen LogP contribution >= 0.6 is 0 Å². The van der Waals surface area contributed by atoms with E-state index in [1.807, 2.05) is 6.92 Å². The number of aliphatic imine (C=N–C) groups is 1. The van der Waals surface area contributed by atoms with Crippen LogP contribution in [0.3, 0.4) is 0 Å². The second-order valence-electron chi connectivity index (χ2n) is 6.19. The van der Waals surface area contributed by atoms with Crippen molar-refractivity contribution in [1.82, 2.24) is 4.90 Å². The summed E-state index contributed by atoms with van der Waals surface area (Å²) in [6.45, 7) is 6.35. The number of terminal acetylenes is 1. The fourth-order valence-electron chi connectivity index (χ4n) is 3.02. The molecular formula is C14H21N3O. The minimum Gasteiger partial charge on any atom is -0.385 e. The van der Waals surface area contributed by atoms with Crippen molar-refractivity contribution in [1.29, 1.82) is 0 Å². The van der Waals surface area contributed by atoms with Crippen LogP contribution in [0.1, 0.15) is 46.5 Å². The maximum atomic E-state index is 12.0. The average Bonchev–Trinajstić information content (AvgIpc) is 2.54. The Morgan fingerprint density at radius 1 is 1.39 bits per heavy atom. The maximum Gasteiger partial charge on any atom is 0.347 e. The molecule has 18 heavy (non-hydrogen) atoms. The standard InChI is InChI=1S/C14H21N3O/c1-5-10(2)17-12(18)16-11(15)14(17)8-6-13(3,4)7-9-14/h1,10H,6-9H2,2-4H3,(H2,15,16,18). The largest absolute Gasteiger partial charge is 0.385 e. The van der Waals surface area contributed by atoms with Crippen LogP contribution in [0.25, 0.3) is 0 Å². The third-order valence-electron chi connectivity index (χ3n) is 4.42. The number of nitrogens with two attached hydrogens (primary N) is 1. The fourth-order valence-corrected chi connectivity index (χ4v) is 3.02. The molecule has 4 nitrogen and oxygen atoms in total. The molecule has 4 heteroatoms. The first-order valence-corrected chi connectivity index (χ1v) is 6.46. The molecule has 1 spiro atoms. The average molecular weight is 247 g/mol. The molecule has 1 atom stereocenters. The molecule has 1 saturated carbocycles. The zero-order valence-electron chi connectivity index (χ0n) is 11.4. The molecule has 1 aliphatic carbocycles. The number of rotatable bonds is 1. The number of hydrogen-bond donors (Lipinski definition) is 1. The van der Waals surface area contributed by atoms with Gasteiger partial charge in [-0.1, -0.05) is 19.8 Å². The van der Waals surface area contributed by atoms with Gasteiger partial charge in [0.25, 0.3) is 0 Å². The van der Waals surface area contributed by atoms with Gasteiger partial charge in [-0.25, -0.2) is 4.79 Å². The summed E-state index contributed by atoms with van der Waals surface area (Å²) in [4.78, 5) is 17.6. The lowest BCUT2D eigenvalue weighted by Gasteiger charge is -2.46. The van der Waals surface area contributed by atoms with Crippen LogP contribution in [-0.4, -0.2) is 28.3 Å². The second kappa shape index (κ2) is 4.01. The van der Waals surface area contributed by atoms with Crippen LogP contribution in [0, 0.1) is 17.8 Å². The normalized spacial score (nSPS) is 26.9. The summed E-state index contributed by atoms with van der Waals surface area (Å²) in [5.41, 5.74) is 5.90. The minimum absolute atomic E-state index is 0.261. The second-order valence-corrected chi connectivity index (χ2v) is 6.19. The lowest BCUT2D eigenvalue weighted by molar-refractivity contribution is 0.0895. The van der Waals surface area contributed by atoms with E-state index in [0.29, 0.717) is 11.3 Å². The quantitative estimate of drug-likeness (QED) is 0.722. The highest BCUT2D eigenvalue weighted by molar-refractivity contribution is 6.06. The first-order chi connectivity index (χ1) is 8.32. The highest BCUT2D eigenvalue weighted by atomic mass is 16.2. The van der Waals surface area contributed by atoms with Gasteiger partial charge in [0.15, 0.2) is 0 Å². The maximum absolute atomic E-state index is 12.0. The Morgan fingerprint density at radius 2 is 1.94 bits per heavy atom. The van der Waals surface area contributed by atoms with E-state index >= 15 is 0 Å². The Kier molecular flexibility index (Phi) is 2.89. The molecule has 0 bridgehead atoms. The first kappa shape index (κ1) is 12.9. The van der Waals surface area contributed by atoms with Crippen LogP contribution in [0.5, 0.6) is 0 Å². The molecule has 0 saturated heterocycles. The Labute approximate surface area is 109 Å². The summed E-state index contributed by atoms with van der Waals surface area (Å²) in [5, 5.41) is 0. The van der Waals surface area contributed by atoms with E-state index in [9.17, 15) is 4.79 Å². The van der Waals surface area contributed by atoms with Gasteiger partial charge < -0.3 is 5.73 Å². The molecule has 2 N–H and O–H groups in total. The molecule has 1 heterocycles. The van der Waals surface area contributed by atoms with Gasteiger partial charge in [-0.05, 0) is 38.0 Å². The number of urea groups is 1. The number of carbonyl (C=O) groups is 1. The molecule has 1 unspecified atom stereocenters. The van der Waals surface area contributed by atoms with Crippen molar-refractivity contribution < 1.29 is 4.79 Å². The first-order valence-electron chi connectivity index (χ1n) is 6.46. The topological polar surface area (TPSA) is 58.7 Å². The number of amidine groups is 1. The Hall–Kier alpha value is -1.50. The molecule has 2 aliphatic rings. The number of carbonyl (C=O) groups excluding carboxylic acids is 1. The third-order valence-corrected chi connectivity index (χ3v) is 4.42. The van der Waals surface area contributed by atoms with E-state index in [4.69, 9.17) is 12.2 Å². The van der Waals surface area contributed by atoms with E-state index in [0.717, 1.165) is 25.7 Å². The van der Waals surface area contributed by atoms with Crippen molar-refractivity contribution in [2.24, 2.45) is 16.1 Å². The number of amides is 2. The summed E-state index contributed by atoms with van der Waals surface area (Å²) in [6.07, 6.45) is 9.24. The molecule has 2 amide bonds. The highest BCUT2D eigenvalue weighted by Gasteiger charge is 2.52. The van der Waals surface area contributed by atoms with E-state index in [1.54, 1.807) is 4.90 Å². The van der Waals surface area contributed by atoms with Crippen molar-refractivity contribution >= 4 is 11.9 Å². The Bertz CT molecular complexity index is 434. The van der Waals surface area contributed by atoms with Crippen LogP contribution in [-0.2, 0) is 0 Å². The van der Waals surface area contributed by atoms with E-state index in [2.05, 4.69) is 24.8 Å². The van der Waals surface area contributed by atoms with Gasteiger partial charge in [-0.2, -0.15) is 4.99 Å². The van der Waals surface area contributed by atoms with Gasteiger partial charge >= 0.3 is 6.03 Å². The molecular weight excluding hydrogens is 226 g/mol. The van der Waals surface area contributed by atoms with Crippen LogP contribution in [0.2, 0.25) is 0 Å². The molecule has 0 radical (unpaired) electrons. The lowest BCUT2D eigenvalue weighted by Crippen LogP contribution is -2.59. The van der Waals surface area contributed by atoms with Crippen LogP contribution in [0.4, 0.5) is 4.79 Å². The third kappa shape index (κ3) is 1.78. The Morgan fingerprint density at radius 3 is 2.44 bits per heavy atom. The van der Waals surface area contributed by atoms with Gasteiger partial charge in [0.05, 0.1) is 6.04 Å². The van der Waals surface area contributed by atoms with Crippen LogP contribution in [0.15, 0.2) is 4.99 Å². The SMILES string of the molecule is C#CC(C)N1C(=O)N=C(N)C12CCC(C)(C)CC2. The smallest absolute Gasteiger partial charge is 0.347 e. The predicted octanol–water partition coefficient (Wildman–Crippen LogP) is 2.14. The monoisotopic (exact) mass is 247 g/mol. The van der Waals surface area contributed by atoms with Crippen molar-refractivity contribution in [3.8, 4) is 12.3 Å². The van der Waals surface area contributed by atoms with E-state index in [-0.39, 0.29) is 12.1 Å². The molecule has 1 aliphatic heterocycles. The Balaban J connectivity index is 2.33. The highest BCUT2D eigenvalue weighted by Crippen LogP contribution is 2.45. The van der Waals surface area contributed by atoms with Gasteiger partial charge in [-0.3, -0.25) is 4.90 Å². The minimum atomic E-state index is -0.432. The van der Waals surface area contributed by atoms with E-state index in [1.165, 1.54) is 0 Å². The van der Waals surface area contributed by atoms with Gasteiger partial charge in [0.1, 0.15) is 11.4 Å². The van der Waals surface area contributed by atoms with Gasteiger partial charge in [0.2, 0.25) is 0 Å². The molecule has 98 valence electrons. The molecule has 0 aromatic rings. The summed E-state index contributed by atoms with van der Waals surface area (Å²) in [7, 11) is 0. The summed E-state index contributed by atoms with van der Waals surface area (Å²) < 4.78 is 0. The molecule has 0 aromatic carbocycles. The number of hydrogen-bond acceptors (Lipinski definition) is 2. The van der Waals surface area contributed by atoms with Crippen molar-refractivity contribution in [3.05, 3.63) is 0 Å². The van der Waals surface area contributed by atoms with Crippen molar-refractivity contribution in [3.63, 3.8) is 0 Å². The molecule has 2 rings (SSSR count). The molecule has 0 aromatic heterocycles.